The van der Waals surface area contributed by atoms with Crippen molar-refractivity contribution < 1.29 is 19.4 Å². The van der Waals surface area contributed by atoms with E-state index in [2.05, 4.69) is 0 Å². The summed E-state index contributed by atoms with van der Waals surface area (Å²) >= 11 is 5.88. The summed E-state index contributed by atoms with van der Waals surface area (Å²) in [6.07, 6.45) is 0. The summed E-state index contributed by atoms with van der Waals surface area (Å²) in [5.74, 6) is -0.459. The number of benzene rings is 2. The van der Waals surface area contributed by atoms with Crippen LogP contribution in [-0.2, 0) is 11.3 Å². The van der Waals surface area contributed by atoms with Crippen LogP contribution in [0.2, 0.25) is 5.02 Å². The van der Waals surface area contributed by atoms with Gasteiger partial charge in [-0.15, -0.1) is 0 Å². The molecule has 0 saturated heterocycles. The molecule has 21 heavy (non-hydrogen) atoms. The highest BCUT2D eigenvalue weighted by Gasteiger charge is 2.03. The lowest BCUT2D eigenvalue weighted by molar-refractivity contribution is 0.0695. The molecular weight excluding hydrogens is 292 g/mol. The Hall–Kier alpha value is -2.04. The Morgan fingerprint density at radius 1 is 1.10 bits per heavy atom. The lowest BCUT2D eigenvalue weighted by Crippen LogP contribution is -2.07. The summed E-state index contributed by atoms with van der Waals surface area (Å²) in [6, 6.07) is 13.8. The Labute approximate surface area is 127 Å². The maximum Gasteiger partial charge on any atom is 0.335 e. The predicted octanol–water partition coefficient (Wildman–Crippen LogP) is 3.63. The van der Waals surface area contributed by atoms with Gasteiger partial charge in [0.1, 0.15) is 12.4 Å². The smallest absolute Gasteiger partial charge is 0.335 e. The van der Waals surface area contributed by atoms with E-state index in [1.807, 2.05) is 24.3 Å². The van der Waals surface area contributed by atoms with E-state index in [1.54, 1.807) is 12.1 Å². The predicted molar refractivity (Wildman–Crippen MR) is 80.0 cm³/mol. The zero-order valence-electron chi connectivity index (χ0n) is 11.3. The Kier molecular flexibility index (Phi) is 5.60. The van der Waals surface area contributed by atoms with Gasteiger partial charge < -0.3 is 14.6 Å². The van der Waals surface area contributed by atoms with Gasteiger partial charge in [0.2, 0.25) is 0 Å². The molecular formula is C16H15ClO4. The molecule has 4 nitrogen and oxygen atoms in total. The van der Waals surface area contributed by atoms with Crippen molar-refractivity contribution in [3.05, 3.63) is 64.7 Å². The SMILES string of the molecule is O=C(O)c1cccc(OCCOCc2cccc(Cl)c2)c1. The van der Waals surface area contributed by atoms with E-state index in [-0.39, 0.29) is 5.56 Å². The lowest BCUT2D eigenvalue weighted by Gasteiger charge is -2.08. The molecule has 0 spiro atoms. The second-order valence-electron chi connectivity index (χ2n) is 4.36. The van der Waals surface area contributed by atoms with Crippen molar-refractivity contribution in [3.8, 4) is 5.75 Å². The van der Waals surface area contributed by atoms with Crippen LogP contribution in [0.15, 0.2) is 48.5 Å². The quantitative estimate of drug-likeness (QED) is 0.794. The van der Waals surface area contributed by atoms with E-state index in [1.165, 1.54) is 12.1 Å². The summed E-state index contributed by atoms with van der Waals surface area (Å²) in [6.45, 7) is 1.21. The third-order valence-electron chi connectivity index (χ3n) is 2.74. The summed E-state index contributed by atoms with van der Waals surface area (Å²) in [4.78, 5) is 10.8. The van der Waals surface area contributed by atoms with E-state index in [4.69, 9.17) is 26.2 Å². The standard InChI is InChI=1S/C16H15ClO4/c17-14-5-1-3-12(9-14)11-20-7-8-21-15-6-2-4-13(10-15)16(18)19/h1-6,9-10H,7-8,11H2,(H,18,19). The molecule has 0 saturated carbocycles. The summed E-state index contributed by atoms with van der Waals surface area (Å²) in [5, 5.41) is 9.55. The Morgan fingerprint density at radius 2 is 1.90 bits per heavy atom. The molecule has 0 heterocycles. The van der Waals surface area contributed by atoms with Crippen LogP contribution in [0.4, 0.5) is 0 Å². The molecule has 0 aromatic heterocycles. The molecule has 0 aliphatic carbocycles. The average Bonchev–Trinajstić information content (AvgIpc) is 2.47. The molecule has 2 aromatic carbocycles. The molecule has 0 atom stereocenters. The van der Waals surface area contributed by atoms with Crippen LogP contribution in [0.5, 0.6) is 5.75 Å². The van der Waals surface area contributed by atoms with Gasteiger partial charge in [-0.2, -0.15) is 0 Å². The fraction of sp³-hybridized carbons (Fsp3) is 0.188. The first-order chi connectivity index (χ1) is 10.1. The van der Waals surface area contributed by atoms with Crippen LogP contribution >= 0.6 is 11.6 Å². The Balaban J connectivity index is 1.72. The van der Waals surface area contributed by atoms with Crippen molar-refractivity contribution in [2.75, 3.05) is 13.2 Å². The zero-order valence-corrected chi connectivity index (χ0v) is 12.0. The highest BCUT2D eigenvalue weighted by atomic mass is 35.5. The van der Waals surface area contributed by atoms with Gasteiger partial charge in [-0.25, -0.2) is 4.79 Å². The van der Waals surface area contributed by atoms with Crippen LogP contribution in [-0.4, -0.2) is 24.3 Å². The van der Waals surface area contributed by atoms with E-state index in [9.17, 15) is 4.79 Å². The molecule has 0 fully saturated rings. The highest BCUT2D eigenvalue weighted by molar-refractivity contribution is 6.30. The van der Waals surface area contributed by atoms with Gasteiger partial charge >= 0.3 is 5.97 Å². The van der Waals surface area contributed by atoms with Gasteiger partial charge in [0.25, 0.3) is 0 Å². The van der Waals surface area contributed by atoms with Gasteiger partial charge in [-0.05, 0) is 35.9 Å². The van der Waals surface area contributed by atoms with Crippen LogP contribution in [0.3, 0.4) is 0 Å². The van der Waals surface area contributed by atoms with Gasteiger partial charge in [0, 0.05) is 5.02 Å². The molecule has 0 amide bonds. The fourth-order valence-electron chi connectivity index (χ4n) is 1.75. The third-order valence-corrected chi connectivity index (χ3v) is 2.97. The van der Waals surface area contributed by atoms with Crippen molar-refractivity contribution in [1.82, 2.24) is 0 Å². The Morgan fingerprint density at radius 3 is 2.67 bits per heavy atom. The first kappa shape index (κ1) is 15.4. The first-order valence-corrected chi connectivity index (χ1v) is 6.81. The minimum Gasteiger partial charge on any atom is -0.491 e. The number of rotatable bonds is 7. The molecule has 0 unspecified atom stereocenters. The van der Waals surface area contributed by atoms with E-state index in [0.29, 0.717) is 30.6 Å². The maximum absolute atomic E-state index is 10.8. The van der Waals surface area contributed by atoms with E-state index < -0.39 is 5.97 Å². The van der Waals surface area contributed by atoms with Gasteiger partial charge in [-0.1, -0.05) is 29.8 Å². The molecule has 0 bridgehead atoms. The van der Waals surface area contributed by atoms with Crippen LogP contribution in [0.25, 0.3) is 0 Å². The van der Waals surface area contributed by atoms with Crippen molar-refractivity contribution in [1.29, 1.82) is 0 Å². The number of aromatic carboxylic acids is 1. The minimum absolute atomic E-state index is 0.201. The molecule has 110 valence electrons. The Bertz CT molecular complexity index is 613. The van der Waals surface area contributed by atoms with Crippen LogP contribution in [0.1, 0.15) is 15.9 Å². The van der Waals surface area contributed by atoms with Gasteiger partial charge in [0.05, 0.1) is 18.8 Å². The summed E-state index contributed by atoms with van der Waals surface area (Å²) in [7, 11) is 0. The third kappa shape index (κ3) is 5.10. The molecule has 0 aliphatic heterocycles. The maximum atomic E-state index is 10.8. The molecule has 2 aromatic rings. The molecule has 0 aliphatic rings. The first-order valence-electron chi connectivity index (χ1n) is 6.43. The van der Waals surface area contributed by atoms with E-state index >= 15 is 0 Å². The largest absolute Gasteiger partial charge is 0.491 e. The lowest BCUT2D eigenvalue weighted by atomic mass is 10.2. The second-order valence-corrected chi connectivity index (χ2v) is 4.80. The second kappa shape index (κ2) is 7.67. The topological polar surface area (TPSA) is 55.8 Å². The molecule has 2 rings (SSSR count). The van der Waals surface area contributed by atoms with Crippen molar-refractivity contribution in [3.63, 3.8) is 0 Å². The van der Waals surface area contributed by atoms with Gasteiger partial charge in [-0.3, -0.25) is 0 Å². The van der Waals surface area contributed by atoms with Crippen LogP contribution < -0.4 is 4.74 Å². The zero-order chi connectivity index (χ0) is 15.1. The number of hydrogen-bond acceptors (Lipinski definition) is 3. The summed E-state index contributed by atoms with van der Waals surface area (Å²) in [5.41, 5.74) is 1.20. The van der Waals surface area contributed by atoms with Crippen molar-refractivity contribution >= 4 is 17.6 Å². The number of hydrogen-bond donors (Lipinski definition) is 1. The summed E-state index contributed by atoms with van der Waals surface area (Å²) < 4.78 is 10.9. The molecule has 5 heteroatoms. The van der Waals surface area contributed by atoms with Crippen molar-refractivity contribution in [2.45, 2.75) is 6.61 Å². The monoisotopic (exact) mass is 306 g/mol. The number of ether oxygens (including phenoxy) is 2. The van der Waals surface area contributed by atoms with Crippen molar-refractivity contribution in [2.24, 2.45) is 0 Å². The molecule has 1 N–H and O–H groups in total. The fourth-order valence-corrected chi connectivity index (χ4v) is 1.97. The normalized spacial score (nSPS) is 10.3. The number of carbonyl (C=O) groups is 1. The number of halogens is 1. The van der Waals surface area contributed by atoms with Crippen LogP contribution in [0, 0.1) is 0 Å². The number of carboxylic acid groups (broad SMARTS) is 1. The van der Waals surface area contributed by atoms with E-state index in [0.717, 1.165) is 5.56 Å². The molecule has 0 radical (unpaired) electrons. The highest BCUT2D eigenvalue weighted by Crippen LogP contribution is 2.14. The van der Waals surface area contributed by atoms with Gasteiger partial charge in [0.15, 0.2) is 0 Å². The minimum atomic E-state index is -0.974. The average molecular weight is 307 g/mol. The number of carboxylic acids is 1.